The zero-order valence-corrected chi connectivity index (χ0v) is 23.1. The Balaban J connectivity index is 1.64. The average molecular weight is 566 g/mol. The maximum Gasteiger partial charge on any atom is 0.261 e. The van der Waals surface area contributed by atoms with E-state index in [-0.39, 0.29) is 37.0 Å². The minimum atomic E-state index is -3.65. The lowest BCUT2D eigenvalue weighted by molar-refractivity contribution is -0.142. The first-order valence-corrected chi connectivity index (χ1v) is 14.4. The van der Waals surface area contributed by atoms with Crippen LogP contribution >= 0.6 is 0 Å². The predicted octanol–water partition coefficient (Wildman–Crippen LogP) is 2.19. The smallest absolute Gasteiger partial charge is 0.261 e. The molecule has 2 amide bonds. The Bertz CT molecular complexity index is 1170. The molecule has 0 aliphatic carbocycles. The van der Waals surface area contributed by atoms with Gasteiger partial charge in [0.15, 0.2) is 6.61 Å². The highest BCUT2D eigenvalue weighted by Crippen LogP contribution is 2.21. The van der Waals surface area contributed by atoms with Crippen LogP contribution in [0.5, 0.6) is 5.75 Å². The topological polar surface area (TPSA) is 114 Å². The lowest BCUT2D eigenvalue weighted by Gasteiger charge is -2.29. The lowest BCUT2D eigenvalue weighted by atomic mass is 10.1. The molecule has 0 unspecified atom stereocenters. The van der Waals surface area contributed by atoms with E-state index in [1.54, 1.807) is 19.1 Å². The van der Waals surface area contributed by atoms with Crippen molar-refractivity contribution in [1.82, 2.24) is 14.5 Å². The van der Waals surface area contributed by atoms with Gasteiger partial charge in [-0.15, -0.1) is 0 Å². The highest BCUT2D eigenvalue weighted by molar-refractivity contribution is 7.89. The van der Waals surface area contributed by atoms with Crippen molar-refractivity contribution in [1.29, 1.82) is 0 Å². The molecule has 2 aromatic carbocycles. The number of nitrogens with zero attached hydrogens (tertiary/aromatic N) is 2. The van der Waals surface area contributed by atoms with E-state index < -0.39 is 27.8 Å². The molecule has 2 aromatic rings. The average Bonchev–Trinajstić information content (AvgIpc) is 2.95. The van der Waals surface area contributed by atoms with Gasteiger partial charge in [0.1, 0.15) is 17.6 Å². The summed E-state index contributed by atoms with van der Waals surface area (Å²) in [7, 11) is -3.65. The molecule has 0 spiro atoms. The van der Waals surface area contributed by atoms with Gasteiger partial charge in [-0.2, -0.15) is 4.31 Å². The second-order valence-electron chi connectivity index (χ2n) is 8.94. The number of nitrogens with one attached hydrogen (secondary N) is 1. The van der Waals surface area contributed by atoms with Crippen molar-refractivity contribution < 1.29 is 36.6 Å². The quantitative estimate of drug-likeness (QED) is 0.349. The highest BCUT2D eigenvalue weighted by Gasteiger charge is 2.28. The van der Waals surface area contributed by atoms with Gasteiger partial charge < -0.3 is 24.4 Å². The van der Waals surface area contributed by atoms with Gasteiger partial charge in [0.2, 0.25) is 15.9 Å². The minimum absolute atomic E-state index is 0.0761. The summed E-state index contributed by atoms with van der Waals surface area (Å²) in [4.78, 5) is 27.5. The highest BCUT2D eigenvalue weighted by atomic mass is 32.2. The first-order chi connectivity index (χ1) is 18.7. The second kappa shape index (κ2) is 14.9. The number of rotatable bonds is 14. The molecule has 1 saturated heterocycles. The van der Waals surface area contributed by atoms with Crippen LogP contribution in [0.15, 0.2) is 53.4 Å². The molecule has 0 radical (unpaired) electrons. The van der Waals surface area contributed by atoms with Gasteiger partial charge in [-0.1, -0.05) is 12.1 Å². The summed E-state index contributed by atoms with van der Waals surface area (Å²) in [5.41, 5.74) is 0.651. The molecule has 1 fully saturated rings. The van der Waals surface area contributed by atoms with Crippen LogP contribution in [0.3, 0.4) is 0 Å². The summed E-state index contributed by atoms with van der Waals surface area (Å²) < 4.78 is 56.5. The number of benzene rings is 2. The number of carbonyl (C=O) groups is 2. The lowest BCUT2D eigenvalue weighted by Crippen LogP contribution is -2.49. The van der Waals surface area contributed by atoms with E-state index in [0.29, 0.717) is 50.7 Å². The monoisotopic (exact) mass is 565 g/mol. The number of amides is 2. The van der Waals surface area contributed by atoms with Crippen LogP contribution in [0.1, 0.15) is 25.8 Å². The molecule has 1 aliphatic heterocycles. The van der Waals surface area contributed by atoms with E-state index in [1.165, 1.54) is 45.6 Å². The van der Waals surface area contributed by atoms with E-state index in [0.717, 1.165) is 0 Å². The van der Waals surface area contributed by atoms with Crippen molar-refractivity contribution in [2.45, 2.75) is 37.8 Å². The van der Waals surface area contributed by atoms with Crippen molar-refractivity contribution in [2.75, 3.05) is 52.7 Å². The maximum atomic E-state index is 13.4. The third-order valence-corrected chi connectivity index (χ3v) is 8.11. The van der Waals surface area contributed by atoms with Crippen molar-refractivity contribution >= 4 is 21.8 Å². The second-order valence-corrected chi connectivity index (χ2v) is 10.9. The first kappa shape index (κ1) is 30.5. The van der Waals surface area contributed by atoms with Crippen molar-refractivity contribution in [2.24, 2.45) is 0 Å². The fourth-order valence-electron chi connectivity index (χ4n) is 3.92. The minimum Gasteiger partial charge on any atom is -0.484 e. The van der Waals surface area contributed by atoms with E-state index in [4.69, 9.17) is 14.2 Å². The number of carbonyl (C=O) groups excluding carboxylic acids is 2. The molecule has 0 saturated carbocycles. The van der Waals surface area contributed by atoms with Crippen LogP contribution in [0.25, 0.3) is 0 Å². The fourth-order valence-corrected chi connectivity index (χ4v) is 5.33. The summed E-state index contributed by atoms with van der Waals surface area (Å²) in [6, 6.07) is 10.7. The largest absolute Gasteiger partial charge is 0.484 e. The predicted molar refractivity (Wildman–Crippen MR) is 142 cm³/mol. The van der Waals surface area contributed by atoms with Crippen molar-refractivity contribution in [3.63, 3.8) is 0 Å². The molecule has 214 valence electrons. The van der Waals surface area contributed by atoms with Gasteiger partial charge in [0.05, 0.1) is 18.1 Å². The Kier molecular flexibility index (Phi) is 11.7. The number of hydrogen-bond donors (Lipinski definition) is 1. The van der Waals surface area contributed by atoms with E-state index in [9.17, 15) is 22.4 Å². The number of sulfonamides is 1. The molecular weight excluding hydrogens is 529 g/mol. The molecule has 0 aromatic heterocycles. The maximum absolute atomic E-state index is 13.4. The van der Waals surface area contributed by atoms with Gasteiger partial charge in [0, 0.05) is 39.4 Å². The summed E-state index contributed by atoms with van der Waals surface area (Å²) in [5.74, 6) is -0.890. The van der Waals surface area contributed by atoms with Crippen molar-refractivity contribution in [3.8, 4) is 5.75 Å². The van der Waals surface area contributed by atoms with Crippen molar-refractivity contribution in [3.05, 3.63) is 59.9 Å². The van der Waals surface area contributed by atoms with Gasteiger partial charge in [0.25, 0.3) is 5.91 Å². The van der Waals surface area contributed by atoms with Crippen LogP contribution in [-0.4, -0.2) is 88.1 Å². The number of hydrogen-bond acceptors (Lipinski definition) is 7. The van der Waals surface area contributed by atoms with Gasteiger partial charge in [-0.05, 0) is 62.2 Å². The third kappa shape index (κ3) is 8.99. The van der Waals surface area contributed by atoms with Crippen LogP contribution in [0.2, 0.25) is 0 Å². The third-order valence-electron chi connectivity index (χ3n) is 6.20. The SMILES string of the molecule is CCOCCCNC(=O)[C@H](C)N(Cc1ccc(F)cc1)C(=O)COc1ccc(S(=O)(=O)N2CCOCC2)cc1. The van der Waals surface area contributed by atoms with Crippen LogP contribution in [0, 0.1) is 5.82 Å². The molecule has 3 rings (SSSR count). The molecular formula is C27H36FN3O7S. The van der Waals surface area contributed by atoms with Crippen LogP contribution in [0.4, 0.5) is 4.39 Å². The van der Waals surface area contributed by atoms with E-state index in [2.05, 4.69) is 5.32 Å². The van der Waals surface area contributed by atoms with Crippen LogP contribution in [-0.2, 0) is 35.6 Å². The van der Waals surface area contributed by atoms with Gasteiger partial charge >= 0.3 is 0 Å². The normalized spacial score (nSPS) is 14.9. The number of morpholine rings is 1. The van der Waals surface area contributed by atoms with E-state index in [1.807, 2.05) is 6.92 Å². The Morgan fingerprint density at radius 3 is 2.41 bits per heavy atom. The number of ether oxygens (including phenoxy) is 3. The van der Waals surface area contributed by atoms with E-state index >= 15 is 0 Å². The summed E-state index contributed by atoms with van der Waals surface area (Å²) in [5, 5.41) is 2.81. The molecule has 1 heterocycles. The Labute approximate surface area is 229 Å². The zero-order chi connectivity index (χ0) is 28.3. The number of halogens is 1. The molecule has 1 atom stereocenters. The Morgan fingerprint density at radius 1 is 1.10 bits per heavy atom. The molecule has 0 bridgehead atoms. The first-order valence-electron chi connectivity index (χ1n) is 12.9. The Morgan fingerprint density at radius 2 is 1.77 bits per heavy atom. The standard InChI is InChI=1S/C27H36FN3O7S/c1-3-36-16-4-13-29-27(33)21(2)31(19-22-5-7-23(28)8-6-22)26(32)20-38-24-9-11-25(12-10-24)39(34,35)30-14-17-37-18-15-30/h5-12,21H,3-4,13-20H2,1-2H3,(H,29,33)/t21-/m0/s1. The summed E-state index contributed by atoms with van der Waals surface area (Å²) in [6.45, 7) is 5.99. The van der Waals surface area contributed by atoms with Crippen LogP contribution < -0.4 is 10.1 Å². The van der Waals surface area contributed by atoms with Gasteiger partial charge in [-0.3, -0.25) is 9.59 Å². The summed E-state index contributed by atoms with van der Waals surface area (Å²) in [6.07, 6.45) is 0.637. The Hall–Kier alpha value is -3.06. The van der Waals surface area contributed by atoms with Gasteiger partial charge in [-0.25, -0.2) is 12.8 Å². The fraction of sp³-hybridized carbons (Fsp3) is 0.481. The summed E-state index contributed by atoms with van der Waals surface area (Å²) >= 11 is 0. The zero-order valence-electron chi connectivity index (χ0n) is 22.3. The molecule has 1 aliphatic rings. The molecule has 10 nitrogen and oxygen atoms in total. The molecule has 39 heavy (non-hydrogen) atoms. The molecule has 1 N–H and O–H groups in total. The molecule has 12 heteroatoms.